The molecule has 0 fully saturated rings. The lowest BCUT2D eigenvalue weighted by Crippen LogP contribution is -2.25. The summed E-state index contributed by atoms with van der Waals surface area (Å²) in [4.78, 5) is 11.9. The number of aliphatic hydroxyl groups excluding tert-OH is 1. The highest BCUT2D eigenvalue weighted by Crippen LogP contribution is 2.22. The summed E-state index contributed by atoms with van der Waals surface area (Å²) >= 11 is 0. The SMILES string of the molecule is Cc1ccc2oc(C(=O)C(O)C(C)C)cc2c1. The highest BCUT2D eigenvalue weighted by Gasteiger charge is 2.23. The fourth-order valence-electron chi connectivity index (χ4n) is 1.73. The van der Waals surface area contributed by atoms with Crippen LogP contribution in [-0.4, -0.2) is 17.0 Å². The Labute approximate surface area is 100 Å². The molecule has 2 aromatic rings. The number of ketones is 1. The van der Waals surface area contributed by atoms with E-state index in [1.54, 1.807) is 19.9 Å². The summed E-state index contributed by atoms with van der Waals surface area (Å²) < 4.78 is 5.45. The van der Waals surface area contributed by atoms with E-state index >= 15 is 0 Å². The van der Waals surface area contributed by atoms with Crippen molar-refractivity contribution in [3.63, 3.8) is 0 Å². The molecular formula is C14H16O3. The Morgan fingerprint density at radius 2 is 2.00 bits per heavy atom. The summed E-state index contributed by atoms with van der Waals surface area (Å²) in [5, 5.41) is 10.6. The van der Waals surface area contributed by atoms with Crippen molar-refractivity contribution >= 4 is 16.8 Å². The molecule has 90 valence electrons. The van der Waals surface area contributed by atoms with Crippen molar-refractivity contribution in [1.82, 2.24) is 0 Å². The van der Waals surface area contributed by atoms with Crippen LogP contribution in [0.5, 0.6) is 0 Å². The van der Waals surface area contributed by atoms with E-state index in [-0.39, 0.29) is 17.5 Å². The molecule has 0 bridgehead atoms. The van der Waals surface area contributed by atoms with Crippen LogP contribution in [0.4, 0.5) is 0 Å². The fraction of sp³-hybridized carbons (Fsp3) is 0.357. The van der Waals surface area contributed by atoms with Crippen LogP contribution in [0.3, 0.4) is 0 Å². The van der Waals surface area contributed by atoms with E-state index in [1.165, 1.54) is 0 Å². The highest BCUT2D eigenvalue weighted by atomic mass is 16.4. The maximum Gasteiger partial charge on any atom is 0.226 e. The number of carbonyl (C=O) groups excluding carboxylic acids is 1. The average Bonchev–Trinajstić information content (AvgIpc) is 2.69. The first-order valence-electron chi connectivity index (χ1n) is 5.71. The predicted octanol–water partition coefficient (Wildman–Crippen LogP) is 2.94. The molecule has 1 unspecified atom stereocenters. The Morgan fingerprint density at radius 3 is 2.65 bits per heavy atom. The van der Waals surface area contributed by atoms with Crippen molar-refractivity contribution in [3.05, 3.63) is 35.6 Å². The van der Waals surface area contributed by atoms with Gasteiger partial charge in [0.2, 0.25) is 5.78 Å². The molecule has 3 nitrogen and oxygen atoms in total. The van der Waals surface area contributed by atoms with Crippen LogP contribution in [0, 0.1) is 12.8 Å². The van der Waals surface area contributed by atoms with Gasteiger partial charge >= 0.3 is 0 Å². The first-order chi connectivity index (χ1) is 7.99. The molecule has 1 atom stereocenters. The Balaban J connectivity index is 2.40. The van der Waals surface area contributed by atoms with Gasteiger partial charge in [-0.2, -0.15) is 0 Å². The van der Waals surface area contributed by atoms with Gasteiger partial charge in [0.1, 0.15) is 11.7 Å². The van der Waals surface area contributed by atoms with Gasteiger partial charge in [0, 0.05) is 5.39 Å². The molecular weight excluding hydrogens is 216 g/mol. The largest absolute Gasteiger partial charge is 0.453 e. The Kier molecular flexibility index (Phi) is 3.03. The Hall–Kier alpha value is -1.61. The average molecular weight is 232 g/mol. The van der Waals surface area contributed by atoms with Gasteiger partial charge in [-0.1, -0.05) is 25.5 Å². The van der Waals surface area contributed by atoms with Crippen LogP contribution in [-0.2, 0) is 0 Å². The third-order valence-electron chi connectivity index (χ3n) is 2.81. The summed E-state index contributed by atoms with van der Waals surface area (Å²) in [6.07, 6.45) is -1.00. The van der Waals surface area contributed by atoms with Crippen molar-refractivity contribution in [2.75, 3.05) is 0 Å². The zero-order valence-corrected chi connectivity index (χ0v) is 10.2. The summed E-state index contributed by atoms with van der Waals surface area (Å²) in [6.45, 7) is 5.58. The topological polar surface area (TPSA) is 50.4 Å². The minimum atomic E-state index is -1.00. The van der Waals surface area contributed by atoms with E-state index in [0.29, 0.717) is 5.58 Å². The number of aliphatic hydroxyl groups is 1. The second-order valence-electron chi connectivity index (χ2n) is 4.71. The van der Waals surface area contributed by atoms with Crippen LogP contribution in [0.15, 0.2) is 28.7 Å². The van der Waals surface area contributed by atoms with E-state index in [0.717, 1.165) is 10.9 Å². The first kappa shape index (κ1) is 11.9. The number of aryl methyl sites for hydroxylation is 1. The van der Waals surface area contributed by atoms with Gasteiger partial charge < -0.3 is 9.52 Å². The van der Waals surface area contributed by atoms with Gasteiger partial charge in [0.05, 0.1) is 0 Å². The summed E-state index contributed by atoms with van der Waals surface area (Å²) in [6, 6.07) is 7.41. The van der Waals surface area contributed by atoms with E-state index in [1.807, 2.05) is 25.1 Å². The van der Waals surface area contributed by atoms with Crippen LogP contribution < -0.4 is 0 Å². The third kappa shape index (κ3) is 2.24. The van der Waals surface area contributed by atoms with Crippen LogP contribution in [0.1, 0.15) is 30.0 Å². The van der Waals surface area contributed by atoms with Crippen molar-refractivity contribution in [1.29, 1.82) is 0 Å². The van der Waals surface area contributed by atoms with Gasteiger partial charge in [-0.25, -0.2) is 0 Å². The molecule has 0 radical (unpaired) electrons. The zero-order valence-electron chi connectivity index (χ0n) is 10.2. The smallest absolute Gasteiger partial charge is 0.226 e. The lowest BCUT2D eigenvalue weighted by atomic mass is 10.0. The number of fused-ring (bicyclic) bond motifs is 1. The van der Waals surface area contributed by atoms with Crippen LogP contribution in [0.25, 0.3) is 11.0 Å². The van der Waals surface area contributed by atoms with Gasteiger partial charge in [-0.15, -0.1) is 0 Å². The quantitative estimate of drug-likeness (QED) is 0.828. The third-order valence-corrected chi connectivity index (χ3v) is 2.81. The van der Waals surface area contributed by atoms with Gasteiger partial charge in [-0.3, -0.25) is 4.79 Å². The molecule has 0 aliphatic carbocycles. The van der Waals surface area contributed by atoms with Gasteiger partial charge in [0.15, 0.2) is 5.76 Å². The first-order valence-corrected chi connectivity index (χ1v) is 5.71. The van der Waals surface area contributed by atoms with Crippen molar-refractivity contribution < 1.29 is 14.3 Å². The highest BCUT2D eigenvalue weighted by molar-refractivity contribution is 6.00. The maximum absolute atomic E-state index is 11.9. The second kappa shape index (κ2) is 4.34. The van der Waals surface area contributed by atoms with Gasteiger partial charge in [-0.05, 0) is 31.0 Å². The van der Waals surface area contributed by atoms with Crippen LogP contribution in [0.2, 0.25) is 0 Å². The van der Waals surface area contributed by atoms with Crippen molar-refractivity contribution in [2.24, 2.45) is 5.92 Å². The fourth-order valence-corrected chi connectivity index (χ4v) is 1.73. The molecule has 17 heavy (non-hydrogen) atoms. The van der Waals surface area contributed by atoms with Crippen molar-refractivity contribution in [2.45, 2.75) is 26.9 Å². The molecule has 0 aliphatic rings. The summed E-state index contributed by atoms with van der Waals surface area (Å²) in [5.41, 5.74) is 1.79. The van der Waals surface area contributed by atoms with E-state index in [9.17, 15) is 9.90 Å². The molecule has 0 saturated heterocycles. The number of hydrogen-bond donors (Lipinski definition) is 1. The standard InChI is InChI=1S/C14H16O3/c1-8(2)13(15)14(16)12-7-10-6-9(3)4-5-11(10)17-12/h4-8,13,15H,1-3H3. The molecule has 0 spiro atoms. The normalized spacial score (nSPS) is 13.2. The molecule has 1 heterocycles. The minimum Gasteiger partial charge on any atom is -0.453 e. The maximum atomic E-state index is 11.9. The van der Waals surface area contributed by atoms with E-state index in [4.69, 9.17) is 4.42 Å². The Morgan fingerprint density at radius 1 is 1.29 bits per heavy atom. The molecule has 0 saturated carbocycles. The number of hydrogen-bond acceptors (Lipinski definition) is 3. The molecule has 3 heteroatoms. The molecule has 0 aliphatic heterocycles. The predicted molar refractivity (Wildman–Crippen MR) is 66.1 cm³/mol. The summed E-state index contributed by atoms with van der Waals surface area (Å²) in [7, 11) is 0. The molecule has 1 N–H and O–H groups in total. The number of carbonyl (C=O) groups is 1. The Bertz CT molecular complexity index is 552. The second-order valence-corrected chi connectivity index (χ2v) is 4.71. The number of benzene rings is 1. The monoisotopic (exact) mass is 232 g/mol. The number of Topliss-reactive ketones (excluding diaryl/α,β-unsaturated/α-hetero) is 1. The summed E-state index contributed by atoms with van der Waals surface area (Å²) in [5.74, 6) is -0.238. The molecule has 0 amide bonds. The lowest BCUT2D eigenvalue weighted by molar-refractivity contribution is 0.0621. The molecule has 1 aromatic heterocycles. The zero-order chi connectivity index (χ0) is 12.6. The molecule has 1 aromatic carbocycles. The van der Waals surface area contributed by atoms with E-state index < -0.39 is 6.10 Å². The van der Waals surface area contributed by atoms with E-state index in [2.05, 4.69) is 0 Å². The minimum absolute atomic E-state index is 0.113. The number of furan rings is 1. The molecule has 2 rings (SSSR count). The lowest BCUT2D eigenvalue weighted by Gasteiger charge is -2.10. The van der Waals surface area contributed by atoms with Crippen molar-refractivity contribution in [3.8, 4) is 0 Å². The van der Waals surface area contributed by atoms with Crippen LogP contribution >= 0.6 is 0 Å². The number of rotatable bonds is 3. The van der Waals surface area contributed by atoms with Gasteiger partial charge in [0.25, 0.3) is 0 Å².